The van der Waals surface area contributed by atoms with E-state index in [-0.39, 0.29) is 19.7 Å². The predicted molar refractivity (Wildman–Crippen MR) is 90.9 cm³/mol. The molecule has 2 N–H and O–H groups in total. The molecule has 0 spiro atoms. The molecule has 0 aromatic heterocycles. The smallest absolute Gasteiger partial charge is 0.309 e. The average molecular weight is 405 g/mol. The van der Waals surface area contributed by atoms with Crippen LogP contribution < -0.4 is 10.6 Å². The van der Waals surface area contributed by atoms with Crippen LogP contribution in [0, 0.1) is 11.6 Å². The molecule has 1 aromatic carbocycles. The molecule has 11 heteroatoms. The quantitative estimate of drug-likeness (QED) is 0.665. The van der Waals surface area contributed by atoms with E-state index in [4.69, 9.17) is 4.74 Å². The van der Waals surface area contributed by atoms with Crippen molar-refractivity contribution in [1.82, 2.24) is 14.9 Å². The SMILES string of the molecule is CCCNC(=O)C(=O)NC[C@@H]1OCCCN1S(=O)(=O)c1cc(F)ccc1F. The maximum absolute atomic E-state index is 13.9. The molecule has 1 aliphatic rings. The summed E-state index contributed by atoms with van der Waals surface area (Å²) in [6.07, 6.45) is -0.151. The summed E-state index contributed by atoms with van der Waals surface area (Å²) in [5.74, 6) is -3.78. The van der Waals surface area contributed by atoms with Gasteiger partial charge in [0.15, 0.2) is 0 Å². The number of carbonyl (C=O) groups excluding carboxylic acids is 2. The summed E-state index contributed by atoms with van der Waals surface area (Å²) in [5, 5.41) is 4.68. The molecule has 1 saturated heterocycles. The number of sulfonamides is 1. The van der Waals surface area contributed by atoms with Crippen LogP contribution >= 0.6 is 0 Å². The van der Waals surface area contributed by atoms with Crippen LogP contribution in [0.3, 0.4) is 0 Å². The molecule has 8 nitrogen and oxygen atoms in total. The summed E-state index contributed by atoms with van der Waals surface area (Å²) in [5.41, 5.74) is 0. The van der Waals surface area contributed by atoms with Gasteiger partial charge in [0.2, 0.25) is 10.0 Å². The second-order valence-corrected chi connectivity index (χ2v) is 7.69. The maximum atomic E-state index is 13.9. The first-order chi connectivity index (χ1) is 12.8. The monoisotopic (exact) mass is 405 g/mol. The molecule has 1 aromatic rings. The van der Waals surface area contributed by atoms with Crippen molar-refractivity contribution in [3.8, 4) is 0 Å². The fourth-order valence-corrected chi connectivity index (χ4v) is 4.13. The fourth-order valence-electron chi connectivity index (χ4n) is 2.48. The molecule has 150 valence electrons. The van der Waals surface area contributed by atoms with Crippen LogP contribution in [-0.2, 0) is 24.3 Å². The number of amides is 2. The molecule has 2 rings (SSSR count). The van der Waals surface area contributed by atoms with E-state index in [1.165, 1.54) is 0 Å². The first kappa shape index (κ1) is 21.2. The Morgan fingerprint density at radius 3 is 2.67 bits per heavy atom. The van der Waals surface area contributed by atoms with Crippen molar-refractivity contribution < 1.29 is 31.5 Å². The van der Waals surface area contributed by atoms with Gasteiger partial charge in [-0.25, -0.2) is 17.2 Å². The largest absolute Gasteiger partial charge is 0.360 e. The Morgan fingerprint density at radius 1 is 1.26 bits per heavy atom. The Kier molecular flexibility index (Phi) is 7.22. The van der Waals surface area contributed by atoms with E-state index in [0.717, 1.165) is 16.4 Å². The Labute approximate surface area is 155 Å². The number of rotatable bonds is 6. The van der Waals surface area contributed by atoms with Crippen LogP contribution in [0.2, 0.25) is 0 Å². The zero-order valence-electron chi connectivity index (χ0n) is 14.7. The highest BCUT2D eigenvalue weighted by molar-refractivity contribution is 7.89. The topological polar surface area (TPSA) is 105 Å². The van der Waals surface area contributed by atoms with E-state index < -0.39 is 44.6 Å². The maximum Gasteiger partial charge on any atom is 0.309 e. The number of benzene rings is 1. The third-order valence-electron chi connectivity index (χ3n) is 3.81. The molecule has 0 bridgehead atoms. The highest BCUT2D eigenvalue weighted by Crippen LogP contribution is 2.24. The molecule has 1 fully saturated rings. The van der Waals surface area contributed by atoms with Gasteiger partial charge in [-0.2, -0.15) is 4.31 Å². The van der Waals surface area contributed by atoms with Gasteiger partial charge >= 0.3 is 11.8 Å². The van der Waals surface area contributed by atoms with Gasteiger partial charge in [0.25, 0.3) is 0 Å². The van der Waals surface area contributed by atoms with Crippen molar-refractivity contribution >= 4 is 21.8 Å². The van der Waals surface area contributed by atoms with Crippen molar-refractivity contribution in [2.24, 2.45) is 0 Å². The summed E-state index contributed by atoms with van der Waals surface area (Å²) in [7, 11) is -4.41. The van der Waals surface area contributed by atoms with E-state index in [9.17, 15) is 26.8 Å². The zero-order chi connectivity index (χ0) is 20.0. The number of carbonyl (C=O) groups is 2. The minimum atomic E-state index is -4.41. The minimum Gasteiger partial charge on any atom is -0.360 e. The van der Waals surface area contributed by atoms with E-state index in [2.05, 4.69) is 10.6 Å². The highest BCUT2D eigenvalue weighted by Gasteiger charge is 2.36. The fraction of sp³-hybridized carbons (Fsp3) is 0.500. The zero-order valence-corrected chi connectivity index (χ0v) is 15.5. The van der Waals surface area contributed by atoms with Gasteiger partial charge in [-0.1, -0.05) is 6.92 Å². The number of ether oxygens (including phenoxy) is 1. The lowest BCUT2D eigenvalue weighted by Crippen LogP contribution is -2.53. The molecule has 2 amide bonds. The van der Waals surface area contributed by atoms with Crippen molar-refractivity contribution in [2.75, 3.05) is 26.2 Å². The Balaban J connectivity index is 2.13. The van der Waals surface area contributed by atoms with Gasteiger partial charge in [-0.05, 0) is 31.0 Å². The van der Waals surface area contributed by atoms with Crippen molar-refractivity contribution in [1.29, 1.82) is 0 Å². The summed E-state index contributed by atoms with van der Waals surface area (Å²) < 4.78 is 59.0. The van der Waals surface area contributed by atoms with Gasteiger partial charge in [0.05, 0.1) is 13.2 Å². The van der Waals surface area contributed by atoms with E-state index in [1.54, 1.807) is 0 Å². The standard InChI is InChI=1S/C16H21F2N3O5S/c1-2-6-19-15(22)16(23)20-10-14-21(7-3-8-26-14)27(24,25)13-9-11(17)4-5-12(13)18/h4-5,9,14H,2-3,6-8,10H2,1H3,(H,19,22)(H,20,23)/t14-/m0/s1. The third-order valence-corrected chi connectivity index (χ3v) is 5.72. The van der Waals surface area contributed by atoms with Crippen LogP contribution in [0.15, 0.2) is 23.1 Å². The molecule has 1 aliphatic heterocycles. The van der Waals surface area contributed by atoms with Crippen molar-refractivity contribution in [2.45, 2.75) is 30.9 Å². The Bertz CT molecular complexity index is 803. The molecule has 0 aliphatic carbocycles. The van der Waals surface area contributed by atoms with Crippen LogP contribution in [0.25, 0.3) is 0 Å². The minimum absolute atomic E-state index is 0.000848. The highest BCUT2D eigenvalue weighted by atomic mass is 32.2. The van der Waals surface area contributed by atoms with Gasteiger partial charge in [-0.3, -0.25) is 9.59 Å². The first-order valence-corrected chi connectivity index (χ1v) is 9.86. The number of nitrogens with zero attached hydrogens (tertiary/aromatic N) is 1. The van der Waals surface area contributed by atoms with E-state index in [0.29, 0.717) is 25.5 Å². The van der Waals surface area contributed by atoms with E-state index in [1.807, 2.05) is 6.92 Å². The lowest BCUT2D eigenvalue weighted by molar-refractivity contribution is -0.140. The Morgan fingerprint density at radius 2 is 1.96 bits per heavy atom. The lowest BCUT2D eigenvalue weighted by Gasteiger charge is -2.34. The van der Waals surface area contributed by atoms with Gasteiger partial charge < -0.3 is 15.4 Å². The second-order valence-electron chi connectivity index (χ2n) is 5.84. The van der Waals surface area contributed by atoms with Gasteiger partial charge in [0, 0.05) is 13.1 Å². The molecule has 1 heterocycles. The van der Waals surface area contributed by atoms with Crippen LogP contribution in [0.5, 0.6) is 0 Å². The van der Waals surface area contributed by atoms with Crippen LogP contribution in [0.4, 0.5) is 8.78 Å². The van der Waals surface area contributed by atoms with Crippen LogP contribution in [0.1, 0.15) is 19.8 Å². The second kappa shape index (κ2) is 9.20. The van der Waals surface area contributed by atoms with Crippen LogP contribution in [-0.4, -0.2) is 57.0 Å². The Hall–Kier alpha value is -2.11. The molecule has 0 radical (unpaired) electrons. The molecule has 0 unspecified atom stereocenters. The summed E-state index contributed by atoms with van der Waals surface area (Å²) in [4.78, 5) is 22.5. The number of hydrogen-bond donors (Lipinski definition) is 2. The normalized spacial score (nSPS) is 18.1. The van der Waals surface area contributed by atoms with Crippen molar-refractivity contribution in [3.05, 3.63) is 29.8 Å². The molecular weight excluding hydrogens is 384 g/mol. The summed E-state index contributed by atoms with van der Waals surface area (Å²) in [6.45, 7) is 2.06. The number of halogens is 2. The van der Waals surface area contributed by atoms with Crippen molar-refractivity contribution in [3.63, 3.8) is 0 Å². The third kappa shape index (κ3) is 5.21. The summed E-state index contributed by atoms with van der Waals surface area (Å²) >= 11 is 0. The summed E-state index contributed by atoms with van der Waals surface area (Å²) in [6, 6.07) is 2.13. The molecule has 0 saturated carbocycles. The average Bonchev–Trinajstić information content (AvgIpc) is 2.66. The lowest BCUT2D eigenvalue weighted by atomic mass is 10.3. The molecular formula is C16H21F2N3O5S. The number of nitrogens with one attached hydrogen (secondary N) is 2. The molecule has 1 atom stereocenters. The van der Waals surface area contributed by atoms with E-state index >= 15 is 0 Å². The van der Waals surface area contributed by atoms with Gasteiger partial charge in [0.1, 0.15) is 22.8 Å². The predicted octanol–water partition coefficient (Wildman–Crippen LogP) is 0.344. The number of hydrogen-bond acceptors (Lipinski definition) is 5. The van der Waals surface area contributed by atoms with Gasteiger partial charge in [-0.15, -0.1) is 0 Å². The first-order valence-electron chi connectivity index (χ1n) is 8.42. The molecule has 27 heavy (non-hydrogen) atoms.